The highest BCUT2D eigenvalue weighted by molar-refractivity contribution is 7.14. The van der Waals surface area contributed by atoms with E-state index in [1.807, 2.05) is 14.1 Å². The molecule has 0 saturated heterocycles. The van der Waals surface area contributed by atoms with Crippen LogP contribution < -0.4 is 5.32 Å². The summed E-state index contributed by atoms with van der Waals surface area (Å²) < 4.78 is 0. The molecule has 1 aliphatic rings. The molecule has 0 radical (unpaired) electrons. The zero-order valence-corrected chi connectivity index (χ0v) is 12.3. The van der Waals surface area contributed by atoms with Gasteiger partial charge in [0.1, 0.15) is 0 Å². The van der Waals surface area contributed by atoms with E-state index < -0.39 is 0 Å². The lowest BCUT2D eigenvalue weighted by molar-refractivity contribution is 0.0801. The number of aryl methyl sites for hydroxylation is 1. The van der Waals surface area contributed by atoms with Crippen LogP contribution >= 0.6 is 11.3 Å². The number of hydrogen-bond donors (Lipinski definition) is 1. The number of amides is 1. The van der Waals surface area contributed by atoms with Crippen molar-refractivity contribution < 1.29 is 4.79 Å². The number of nitrogens with one attached hydrogen (secondary N) is 1. The Labute approximate surface area is 113 Å². The Balaban J connectivity index is 2.07. The van der Waals surface area contributed by atoms with Crippen LogP contribution in [0.3, 0.4) is 0 Å². The van der Waals surface area contributed by atoms with E-state index in [1.165, 1.54) is 16.9 Å². The van der Waals surface area contributed by atoms with Crippen molar-refractivity contribution in [2.24, 2.45) is 5.92 Å². The molecule has 1 aromatic heterocycles. The van der Waals surface area contributed by atoms with Gasteiger partial charge >= 0.3 is 0 Å². The van der Waals surface area contributed by atoms with Gasteiger partial charge in [-0.2, -0.15) is 0 Å². The minimum Gasteiger partial charge on any atom is -0.340 e. The first-order valence-electron chi connectivity index (χ1n) is 6.63. The van der Waals surface area contributed by atoms with Gasteiger partial charge in [0, 0.05) is 25.0 Å². The summed E-state index contributed by atoms with van der Waals surface area (Å²) in [6.07, 6.45) is 3.55. The van der Waals surface area contributed by atoms with Crippen LogP contribution in [-0.2, 0) is 12.8 Å². The van der Waals surface area contributed by atoms with Crippen molar-refractivity contribution in [3.05, 3.63) is 21.4 Å². The second-order valence-corrected chi connectivity index (χ2v) is 6.37. The molecule has 3 nitrogen and oxygen atoms in total. The molecule has 1 unspecified atom stereocenters. The number of carbonyl (C=O) groups is 1. The predicted octanol–water partition coefficient (Wildman–Crippen LogP) is 2.16. The quantitative estimate of drug-likeness (QED) is 0.906. The zero-order valence-electron chi connectivity index (χ0n) is 11.5. The second kappa shape index (κ2) is 5.85. The predicted molar refractivity (Wildman–Crippen MR) is 76.4 cm³/mol. The van der Waals surface area contributed by atoms with Gasteiger partial charge in [-0.25, -0.2) is 0 Å². The van der Waals surface area contributed by atoms with E-state index in [-0.39, 0.29) is 5.91 Å². The SMILES string of the molecule is CNCCN(C)C(=O)c1cc2c(s1)CCC(C)C2. The topological polar surface area (TPSA) is 32.3 Å². The minimum atomic E-state index is 0.164. The third-order valence-electron chi connectivity index (χ3n) is 3.58. The molecule has 2 rings (SSSR count). The molecule has 1 amide bonds. The number of carbonyl (C=O) groups excluding carboxylic acids is 1. The number of likely N-dealkylation sites (N-methyl/N-ethyl adjacent to an activating group) is 2. The van der Waals surface area contributed by atoms with Gasteiger partial charge < -0.3 is 10.2 Å². The third kappa shape index (κ3) is 2.93. The molecule has 0 bridgehead atoms. The summed E-state index contributed by atoms with van der Waals surface area (Å²) in [5.74, 6) is 0.925. The molecular weight excluding hydrogens is 244 g/mol. The van der Waals surface area contributed by atoms with Crippen LogP contribution in [0.25, 0.3) is 0 Å². The molecule has 1 atom stereocenters. The molecule has 0 aromatic carbocycles. The molecule has 1 heterocycles. The second-order valence-electron chi connectivity index (χ2n) is 5.24. The molecule has 0 spiro atoms. The van der Waals surface area contributed by atoms with E-state index >= 15 is 0 Å². The highest BCUT2D eigenvalue weighted by Gasteiger charge is 2.21. The highest BCUT2D eigenvalue weighted by Crippen LogP contribution is 2.32. The molecule has 0 fully saturated rings. The van der Waals surface area contributed by atoms with Gasteiger partial charge in [-0.15, -0.1) is 11.3 Å². The van der Waals surface area contributed by atoms with Crippen molar-refractivity contribution in [3.63, 3.8) is 0 Å². The van der Waals surface area contributed by atoms with E-state index in [9.17, 15) is 4.79 Å². The van der Waals surface area contributed by atoms with Crippen LogP contribution in [0.1, 0.15) is 33.5 Å². The summed E-state index contributed by atoms with van der Waals surface area (Å²) in [6.45, 7) is 3.89. The normalized spacial score (nSPS) is 18.5. The Morgan fingerprint density at radius 2 is 2.39 bits per heavy atom. The zero-order chi connectivity index (χ0) is 13.1. The number of hydrogen-bond acceptors (Lipinski definition) is 3. The maximum atomic E-state index is 12.3. The summed E-state index contributed by atoms with van der Waals surface area (Å²) in [7, 11) is 3.78. The summed E-state index contributed by atoms with van der Waals surface area (Å²) in [4.78, 5) is 16.4. The summed E-state index contributed by atoms with van der Waals surface area (Å²) in [5.41, 5.74) is 1.41. The summed E-state index contributed by atoms with van der Waals surface area (Å²) in [6, 6.07) is 2.12. The molecule has 4 heteroatoms. The Kier molecular flexibility index (Phi) is 4.40. The lowest BCUT2D eigenvalue weighted by Gasteiger charge is -2.16. The number of rotatable bonds is 4. The van der Waals surface area contributed by atoms with Gasteiger partial charge in [-0.1, -0.05) is 6.92 Å². The van der Waals surface area contributed by atoms with Gasteiger partial charge in [0.2, 0.25) is 0 Å². The smallest absolute Gasteiger partial charge is 0.263 e. The first kappa shape index (κ1) is 13.6. The molecule has 1 N–H and O–H groups in total. The van der Waals surface area contributed by atoms with Crippen LogP contribution in [-0.4, -0.2) is 38.0 Å². The molecule has 0 aliphatic heterocycles. The van der Waals surface area contributed by atoms with Crippen LogP contribution in [0.2, 0.25) is 0 Å². The maximum absolute atomic E-state index is 12.3. The molecule has 1 aliphatic carbocycles. The standard InChI is InChI=1S/C14H22N2OS/c1-10-4-5-12-11(8-10)9-13(18-12)14(17)16(3)7-6-15-2/h9-10,15H,4-8H2,1-3H3. The Morgan fingerprint density at radius 1 is 1.61 bits per heavy atom. The van der Waals surface area contributed by atoms with E-state index in [2.05, 4.69) is 18.3 Å². The average molecular weight is 266 g/mol. The Hall–Kier alpha value is -0.870. The lowest BCUT2D eigenvalue weighted by Crippen LogP contribution is -2.32. The summed E-state index contributed by atoms with van der Waals surface area (Å²) >= 11 is 1.70. The van der Waals surface area contributed by atoms with Gasteiger partial charge in [0.05, 0.1) is 4.88 Å². The van der Waals surface area contributed by atoms with Gasteiger partial charge in [0.15, 0.2) is 0 Å². The number of thiophene rings is 1. The minimum absolute atomic E-state index is 0.164. The van der Waals surface area contributed by atoms with E-state index in [0.29, 0.717) is 0 Å². The first-order valence-corrected chi connectivity index (χ1v) is 7.45. The van der Waals surface area contributed by atoms with Crippen LogP contribution in [0.5, 0.6) is 0 Å². The van der Waals surface area contributed by atoms with Gasteiger partial charge in [-0.05, 0) is 43.9 Å². The van der Waals surface area contributed by atoms with Crippen molar-refractivity contribution in [2.75, 3.05) is 27.2 Å². The van der Waals surface area contributed by atoms with E-state index in [1.54, 1.807) is 16.2 Å². The fraction of sp³-hybridized carbons (Fsp3) is 0.643. The fourth-order valence-electron chi connectivity index (χ4n) is 2.38. The molecule has 0 saturated carbocycles. The van der Waals surface area contributed by atoms with E-state index in [0.717, 1.165) is 36.7 Å². The van der Waals surface area contributed by atoms with E-state index in [4.69, 9.17) is 0 Å². The maximum Gasteiger partial charge on any atom is 0.263 e. The lowest BCUT2D eigenvalue weighted by atomic mass is 9.90. The van der Waals surface area contributed by atoms with Crippen molar-refractivity contribution >= 4 is 17.2 Å². The van der Waals surface area contributed by atoms with Crippen molar-refractivity contribution in [3.8, 4) is 0 Å². The molecular formula is C14H22N2OS. The monoisotopic (exact) mass is 266 g/mol. The number of fused-ring (bicyclic) bond motifs is 1. The Morgan fingerprint density at radius 3 is 3.11 bits per heavy atom. The average Bonchev–Trinajstić information content (AvgIpc) is 2.77. The highest BCUT2D eigenvalue weighted by atomic mass is 32.1. The summed E-state index contributed by atoms with van der Waals surface area (Å²) in [5, 5.41) is 3.07. The third-order valence-corrected chi connectivity index (χ3v) is 4.81. The number of nitrogens with zero attached hydrogens (tertiary/aromatic N) is 1. The molecule has 18 heavy (non-hydrogen) atoms. The van der Waals surface area contributed by atoms with Crippen LogP contribution in [0, 0.1) is 5.92 Å². The van der Waals surface area contributed by atoms with Crippen molar-refractivity contribution in [1.29, 1.82) is 0 Å². The molecule has 100 valence electrons. The fourth-order valence-corrected chi connectivity index (χ4v) is 3.58. The van der Waals surface area contributed by atoms with Crippen molar-refractivity contribution in [1.82, 2.24) is 10.2 Å². The van der Waals surface area contributed by atoms with Gasteiger partial charge in [-0.3, -0.25) is 4.79 Å². The van der Waals surface area contributed by atoms with Crippen LogP contribution in [0.15, 0.2) is 6.07 Å². The van der Waals surface area contributed by atoms with Crippen molar-refractivity contribution in [2.45, 2.75) is 26.2 Å². The first-order chi connectivity index (χ1) is 8.61. The van der Waals surface area contributed by atoms with Gasteiger partial charge in [0.25, 0.3) is 5.91 Å². The Bertz CT molecular complexity index is 427. The molecule has 1 aromatic rings. The van der Waals surface area contributed by atoms with Crippen LogP contribution in [0.4, 0.5) is 0 Å². The largest absolute Gasteiger partial charge is 0.340 e.